The van der Waals surface area contributed by atoms with Gasteiger partial charge in [0.25, 0.3) is 0 Å². The second-order valence-corrected chi connectivity index (χ2v) is 1.89. The number of hydrogen-bond acceptors (Lipinski definition) is 3. The molecule has 0 aromatic carbocycles. The topological polar surface area (TPSA) is 35.5 Å². The van der Waals surface area contributed by atoms with Gasteiger partial charge in [-0.25, -0.2) is 0 Å². The van der Waals surface area contributed by atoms with Crippen molar-refractivity contribution in [2.75, 3.05) is 13.2 Å². The van der Waals surface area contributed by atoms with Crippen molar-refractivity contribution in [3.05, 3.63) is 12.3 Å². The first-order valence-corrected chi connectivity index (χ1v) is 3.04. The van der Waals surface area contributed by atoms with Gasteiger partial charge in [-0.3, -0.25) is 4.79 Å². The van der Waals surface area contributed by atoms with Crippen molar-refractivity contribution in [2.24, 2.45) is 0 Å². The summed E-state index contributed by atoms with van der Waals surface area (Å²) in [4.78, 5) is 10.2. The van der Waals surface area contributed by atoms with Crippen LogP contribution in [0.5, 0.6) is 0 Å². The van der Waals surface area contributed by atoms with E-state index in [4.69, 9.17) is 4.74 Å². The van der Waals surface area contributed by atoms with Crippen molar-refractivity contribution in [2.45, 2.75) is 13.8 Å². The van der Waals surface area contributed by atoms with Crippen LogP contribution in [-0.4, -0.2) is 19.2 Å². The Morgan fingerprint density at radius 2 is 1.80 bits per heavy atom. The highest BCUT2D eigenvalue weighted by Gasteiger charge is 1.91. The van der Waals surface area contributed by atoms with Crippen LogP contribution in [0.15, 0.2) is 12.3 Å². The van der Waals surface area contributed by atoms with Gasteiger partial charge in [-0.15, -0.1) is 0 Å². The fourth-order valence-corrected chi connectivity index (χ4v) is 0.401. The van der Waals surface area contributed by atoms with Crippen molar-refractivity contribution < 1.29 is 14.3 Å². The van der Waals surface area contributed by atoms with Crippen LogP contribution in [0.1, 0.15) is 13.8 Å². The number of ether oxygens (including phenoxy) is 2. The molecule has 0 aliphatic rings. The van der Waals surface area contributed by atoms with Crippen LogP contribution in [0.4, 0.5) is 0 Å². The third-order valence-corrected chi connectivity index (χ3v) is 0.737. The van der Waals surface area contributed by atoms with Crippen LogP contribution in [0.2, 0.25) is 0 Å². The standard InChI is InChI=1S/C7H12O3/c1-6(2)9-4-5-10-7(3)8/h1,4-5H2,2-3H3. The SMILES string of the molecule is C=C(C)OCCOC(C)=O. The quantitative estimate of drug-likeness (QED) is 0.336. The Bertz CT molecular complexity index is 113. The van der Waals surface area contributed by atoms with E-state index in [0.29, 0.717) is 19.0 Å². The highest BCUT2D eigenvalue weighted by atomic mass is 16.6. The summed E-state index contributed by atoms with van der Waals surface area (Å²) in [6.07, 6.45) is 0. The van der Waals surface area contributed by atoms with E-state index in [1.54, 1.807) is 6.92 Å². The van der Waals surface area contributed by atoms with Crippen LogP contribution in [0.3, 0.4) is 0 Å². The number of rotatable bonds is 4. The monoisotopic (exact) mass is 144 g/mol. The van der Waals surface area contributed by atoms with Gasteiger partial charge in [0.2, 0.25) is 0 Å². The summed E-state index contributed by atoms with van der Waals surface area (Å²) in [7, 11) is 0. The van der Waals surface area contributed by atoms with Gasteiger partial charge in [-0.2, -0.15) is 0 Å². The zero-order valence-corrected chi connectivity index (χ0v) is 6.35. The molecule has 0 saturated heterocycles. The van der Waals surface area contributed by atoms with Gasteiger partial charge in [0.05, 0.1) is 5.76 Å². The number of esters is 1. The summed E-state index contributed by atoms with van der Waals surface area (Å²) in [5, 5.41) is 0. The fourth-order valence-electron chi connectivity index (χ4n) is 0.401. The Labute approximate surface area is 60.6 Å². The van der Waals surface area contributed by atoms with Gasteiger partial charge >= 0.3 is 5.97 Å². The Hall–Kier alpha value is -0.990. The Morgan fingerprint density at radius 1 is 1.30 bits per heavy atom. The lowest BCUT2D eigenvalue weighted by molar-refractivity contribution is -0.142. The summed E-state index contributed by atoms with van der Waals surface area (Å²) in [5.41, 5.74) is 0. The summed E-state index contributed by atoms with van der Waals surface area (Å²) < 4.78 is 9.51. The van der Waals surface area contributed by atoms with Crippen molar-refractivity contribution in [3.63, 3.8) is 0 Å². The lowest BCUT2D eigenvalue weighted by atomic mass is 10.6. The Morgan fingerprint density at radius 3 is 2.20 bits per heavy atom. The number of carbonyl (C=O) groups excluding carboxylic acids is 1. The summed E-state index contributed by atoms with van der Waals surface area (Å²) in [6, 6.07) is 0. The minimum atomic E-state index is -0.287. The van der Waals surface area contributed by atoms with Gasteiger partial charge in [0.15, 0.2) is 0 Å². The predicted octanol–water partition coefficient (Wildman–Crippen LogP) is 1.10. The highest BCUT2D eigenvalue weighted by Crippen LogP contribution is 1.88. The Balaban J connectivity index is 3.06. The van der Waals surface area contributed by atoms with E-state index in [1.807, 2.05) is 0 Å². The maximum Gasteiger partial charge on any atom is 0.302 e. The molecule has 0 amide bonds. The third-order valence-electron chi connectivity index (χ3n) is 0.737. The minimum Gasteiger partial charge on any atom is -0.495 e. The van der Waals surface area contributed by atoms with Gasteiger partial charge < -0.3 is 9.47 Å². The zero-order valence-electron chi connectivity index (χ0n) is 6.35. The first-order chi connectivity index (χ1) is 4.63. The van der Waals surface area contributed by atoms with Crippen LogP contribution in [0, 0.1) is 0 Å². The smallest absolute Gasteiger partial charge is 0.302 e. The van der Waals surface area contributed by atoms with E-state index < -0.39 is 0 Å². The molecule has 0 aliphatic carbocycles. The molecule has 3 nitrogen and oxygen atoms in total. The van der Waals surface area contributed by atoms with E-state index >= 15 is 0 Å². The van der Waals surface area contributed by atoms with Gasteiger partial charge in [-0.1, -0.05) is 6.58 Å². The maximum absolute atomic E-state index is 10.2. The second kappa shape index (κ2) is 4.85. The Kier molecular flexibility index (Phi) is 4.37. The number of hydrogen-bond donors (Lipinski definition) is 0. The molecule has 0 radical (unpaired) electrons. The maximum atomic E-state index is 10.2. The molecule has 0 saturated carbocycles. The molecule has 0 aromatic heterocycles. The van der Waals surface area contributed by atoms with Gasteiger partial charge in [0.1, 0.15) is 13.2 Å². The average Bonchev–Trinajstić information content (AvgIpc) is 1.79. The van der Waals surface area contributed by atoms with Crippen LogP contribution >= 0.6 is 0 Å². The second-order valence-electron chi connectivity index (χ2n) is 1.89. The summed E-state index contributed by atoms with van der Waals surface area (Å²) >= 11 is 0. The molecule has 10 heavy (non-hydrogen) atoms. The summed E-state index contributed by atoms with van der Waals surface area (Å²) in [6.45, 7) is 7.29. The highest BCUT2D eigenvalue weighted by molar-refractivity contribution is 5.65. The van der Waals surface area contributed by atoms with Gasteiger partial charge in [-0.05, 0) is 6.92 Å². The van der Waals surface area contributed by atoms with Crippen molar-refractivity contribution >= 4 is 5.97 Å². The summed E-state index contributed by atoms with van der Waals surface area (Å²) in [5.74, 6) is 0.345. The molecular weight excluding hydrogens is 132 g/mol. The molecule has 0 bridgehead atoms. The van der Waals surface area contributed by atoms with E-state index in [0.717, 1.165) is 0 Å². The first-order valence-electron chi connectivity index (χ1n) is 3.04. The lowest BCUT2D eigenvalue weighted by Gasteiger charge is -2.03. The third kappa shape index (κ3) is 7.01. The first kappa shape index (κ1) is 9.01. The molecule has 0 rings (SSSR count). The molecule has 0 fully saturated rings. The minimum absolute atomic E-state index is 0.287. The van der Waals surface area contributed by atoms with E-state index in [9.17, 15) is 4.79 Å². The number of carbonyl (C=O) groups is 1. The molecule has 0 spiro atoms. The molecule has 58 valence electrons. The van der Waals surface area contributed by atoms with E-state index in [-0.39, 0.29) is 5.97 Å². The van der Waals surface area contributed by atoms with E-state index in [1.165, 1.54) is 6.92 Å². The van der Waals surface area contributed by atoms with Crippen molar-refractivity contribution in [3.8, 4) is 0 Å². The van der Waals surface area contributed by atoms with Crippen molar-refractivity contribution in [1.82, 2.24) is 0 Å². The normalized spacial score (nSPS) is 8.60. The van der Waals surface area contributed by atoms with Crippen LogP contribution < -0.4 is 0 Å². The largest absolute Gasteiger partial charge is 0.495 e. The molecule has 0 aromatic rings. The lowest BCUT2D eigenvalue weighted by Crippen LogP contribution is -2.06. The zero-order chi connectivity index (χ0) is 7.98. The number of allylic oxidation sites excluding steroid dienone is 1. The molecule has 3 heteroatoms. The molecule has 0 aliphatic heterocycles. The average molecular weight is 144 g/mol. The van der Waals surface area contributed by atoms with Crippen LogP contribution in [0.25, 0.3) is 0 Å². The fraction of sp³-hybridized carbons (Fsp3) is 0.571. The molecule has 0 unspecified atom stereocenters. The molecular formula is C7H12O3. The van der Waals surface area contributed by atoms with Crippen LogP contribution in [-0.2, 0) is 14.3 Å². The van der Waals surface area contributed by atoms with Gasteiger partial charge in [0, 0.05) is 6.92 Å². The molecule has 0 atom stereocenters. The van der Waals surface area contributed by atoms with Crippen molar-refractivity contribution in [1.29, 1.82) is 0 Å². The predicted molar refractivity (Wildman–Crippen MR) is 37.4 cm³/mol. The molecule has 0 heterocycles. The van der Waals surface area contributed by atoms with E-state index in [2.05, 4.69) is 11.3 Å². The molecule has 0 N–H and O–H groups in total.